The number of anilines is 1. The normalized spacial score (nSPS) is 10.1. The minimum absolute atomic E-state index is 0.372. The summed E-state index contributed by atoms with van der Waals surface area (Å²) in [6.45, 7) is 0.372. The number of hydrogen-bond acceptors (Lipinski definition) is 3. The Morgan fingerprint density at radius 1 is 1.17 bits per heavy atom. The Morgan fingerprint density at radius 2 is 1.94 bits per heavy atom. The third kappa shape index (κ3) is 2.87. The summed E-state index contributed by atoms with van der Waals surface area (Å²) in [7, 11) is 1.60. The van der Waals surface area contributed by atoms with E-state index in [2.05, 4.69) is 0 Å². The van der Waals surface area contributed by atoms with E-state index < -0.39 is 0 Å². The highest BCUT2D eigenvalue weighted by molar-refractivity contribution is 6.31. The maximum absolute atomic E-state index is 6.05. The highest BCUT2D eigenvalue weighted by Gasteiger charge is 2.05. The van der Waals surface area contributed by atoms with Crippen molar-refractivity contribution in [2.24, 2.45) is 0 Å². The Bertz CT molecular complexity index is 543. The largest absolute Gasteiger partial charge is 0.497 e. The van der Waals surface area contributed by atoms with Gasteiger partial charge in [-0.15, -0.1) is 0 Å². The molecule has 0 aromatic heterocycles. The summed E-state index contributed by atoms with van der Waals surface area (Å²) >= 11 is 6.05. The van der Waals surface area contributed by atoms with E-state index in [1.165, 1.54) is 0 Å². The molecule has 0 heterocycles. The van der Waals surface area contributed by atoms with Crippen molar-refractivity contribution in [1.29, 1.82) is 0 Å². The van der Waals surface area contributed by atoms with Gasteiger partial charge in [0, 0.05) is 16.7 Å². The van der Waals surface area contributed by atoms with Gasteiger partial charge in [0.15, 0.2) is 0 Å². The Hall–Kier alpha value is -1.87. The van der Waals surface area contributed by atoms with E-state index in [1.807, 2.05) is 24.3 Å². The number of halogens is 1. The van der Waals surface area contributed by atoms with Crippen molar-refractivity contribution in [2.75, 3.05) is 12.8 Å². The molecule has 4 heteroatoms. The second-order valence-electron chi connectivity index (χ2n) is 3.78. The van der Waals surface area contributed by atoms with Crippen LogP contribution in [0.5, 0.6) is 11.5 Å². The fourth-order valence-corrected chi connectivity index (χ4v) is 1.73. The van der Waals surface area contributed by atoms with Crippen LogP contribution in [0.2, 0.25) is 5.02 Å². The highest BCUT2D eigenvalue weighted by Crippen LogP contribution is 2.28. The van der Waals surface area contributed by atoms with Gasteiger partial charge >= 0.3 is 0 Å². The average molecular weight is 264 g/mol. The average Bonchev–Trinajstić information content (AvgIpc) is 2.39. The van der Waals surface area contributed by atoms with Crippen LogP contribution in [0.15, 0.2) is 42.5 Å². The predicted molar refractivity (Wildman–Crippen MR) is 73.2 cm³/mol. The molecule has 3 nitrogen and oxygen atoms in total. The molecule has 0 spiro atoms. The Balaban J connectivity index is 2.13. The van der Waals surface area contributed by atoms with E-state index in [-0.39, 0.29) is 0 Å². The summed E-state index contributed by atoms with van der Waals surface area (Å²) in [5, 5.41) is 0.680. The smallest absolute Gasteiger partial charge is 0.146 e. The lowest BCUT2D eigenvalue weighted by Gasteiger charge is -2.11. The maximum atomic E-state index is 6.05. The van der Waals surface area contributed by atoms with Crippen LogP contribution >= 0.6 is 11.6 Å². The summed E-state index contributed by atoms with van der Waals surface area (Å²) in [5.41, 5.74) is 7.32. The summed E-state index contributed by atoms with van der Waals surface area (Å²) in [6, 6.07) is 12.8. The Labute approximate surface area is 111 Å². The number of hydrogen-bond donors (Lipinski definition) is 1. The van der Waals surface area contributed by atoms with Gasteiger partial charge < -0.3 is 15.2 Å². The monoisotopic (exact) mass is 263 g/mol. The van der Waals surface area contributed by atoms with Crippen LogP contribution in [0.25, 0.3) is 0 Å². The molecule has 0 bridgehead atoms. The van der Waals surface area contributed by atoms with Gasteiger partial charge in [0.05, 0.1) is 12.8 Å². The molecule has 94 valence electrons. The van der Waals surface area contributed by atoms with Crippen molar-refractivity contribution in [2.45, 2.75) is 6.61 Å². The van der Waals surface area contributed by atoms with Crippen molar-refractivity contribution in [3.63, 3.8) is 0 Å². The zero-order valence-electron chi connectivity index (χ0n) is 10.0. The summed E-state index contributed by atoms with van der Waals surface area (Å²) < 4.78 is 10.8. The predicted octanol–water partition coefficient (Wildman–Crippen LogP) is 3.51. The van der Waals surface area contributed by atoms with Gasteiger partial charge in [-0.25, -0.2) is 0 Å². The molecule has 0 aliphatic carbocycles. The number of ether oxygens (including phenoxy) is 2. The molecule has 0 saturated carbocycles. The van der Waals surface area contributed by atoms with Crippen molar-refractivity contribution in [3.05, 3.63) is 53.1 Å². The lowest BCUT2D eigenvalue weighted by atomic mass is 10.2. The van der Waals surface area contributed by atoms with E-state index in [9.17, 15) is 0 Å². The Kier molecular flexibility index (Phi) is 3.95. The quantitative estimate of drug-likeness (QED) is 0.859. The van der Waals surface area contributed by atoms with E-state index in [0.717, 1.165) is 5.56 Å². The van der Waals surface area contributed by atoms with Crippen molar-refractivity contribution in [1.82, 2.24) is 0 Å². The zero-order valence-corrected chi connectivity index (χ0v) is 10.8. The van der Waals surface area contributed by atoms with E-state index in [4.69, 9.17) is 26.8 Å². The first-order valence-corrected chi connectivity index (χ1v) is 5.88. The molecular weight excluding hydrogens is 250 g/mol. The third-order valence-corrected chi connectivity index (χ3v) is 2.93. The van der Waals surface area contributed by atoms with Gasteiger partial charge in [-0.05, 0) is 18.2 Å². The fraction of sp³-hybridized carbons (Fsp3) is 0.143. The molecule has 0 amide bonds. The maximum Gasteiger partial charge on any atom is 0.146 e. The van der Waals surface area contributed by atoms with Crippen LogP contribution in [-0.2, 0) is 6.61 Å². The SMILES string of the molecule is COc1ccc(N)c(OCc2ccccc2Cl)c1. The second-order valence-corrected chi connectivity index (χ2v) is 4.19. The molecule has 18 heavy (non-hydrogen) atoms. The lowest BCUT2D eigenvalue weighted by Crippen LogP contribution is -1.99. The van der Waals surface area contributed by atoms with E-state index in [1.54, 1.807) is 25.3 Å². The van der Waals surface area contributed by atoms with Crippen LogP contribution in [0.3, 0.4) is 0 Å². The van der Waals surface area contributed by atoms with Crippen LogP contribution in [0.1, 0.15) is 5.56 Å². The van der Waals surface area contributed by atoms with Gasteiger partial charge in [-0.2, -0.15) is 0 Å². The van der Waals surface area contributed by atoms with E-state index in [0.29, 0.717) is 28.8 Å². The standard InChI is InChI=1S/C14H14ClNO2/c1-17-11-6-7-13(16)14(8-11)18-9-10-4-2-3-5-12(10)15/h2-8H,9,16H2,1H3. The first-order chi connectivity index (χ1) is 8.70. The summed E-state index contributed by atoms with van der Waals surface area (Å²) in [5.74, 6) is 1.30. The number of nitrogen functional groups attached to an aromatic ring is 1. The molecule has 2 N–H and O–H groups in total. The van der Waals surface area contributed by atoms with Crippen LogP contribution in [-0.4, -0.2) is 7.11 Å². The molecule has 0 aliphatic rings. The van der Waals surface area contributed by atoms with Crippen LogP contribution < -0.4 is 15.2 Å². The molecule has 0 radical (unpaired) electrons. The molecule has 0 saturated heterocycles. The van der Waals surface area contributed by atoms with Crippen LogP contribution in [0, 0.1) is 0 Å². The first kappa shape index (κ1) is 12.6. The third-order valence-electron chi connectivity index (χ3n) is 2.56. The molecule has 0 atom stereocenters. The zero-order chi connectivity index (χ0) is 13.0. The number of methoxy groups -OCH3 is 1. The number of nitrogens with two attached hydrogens (primary N) is 1. The molecular formula is C14H14ClNO2. The first-order valence-electron chi connectivity index (χ1n) is 5.50. The number of rotatable bonds is 4. The second kappa shape index (κ2) is 5.65. The highest BCUT2D eigenvalue weighted by atomic mass is 35.5. The molecule has 0 fully saturated rings. The lowest BCUT2D eigenvalue weighted by molar-refractivity contribution is 0.305. The van der Waals surface area contributed by atoms with Gasteiger partial charge in [0.1, 0.15) is 18.1 Å². The summed E-state index contributed by atoms with van der Waals surface area (Å²) in [4.78, 5) is 0. The fourth-order valence-electron chi connectivity index (χ4n) is 1.54. The summed E-state index contributed by atoms with van der Waals surface area (Å²) in [6.07, 6.45) is 0. The Morgan fingerprint density at radius 3 is 2.67 bits per heavy atom. The van der Waals surface area contributed by atoms with Gasteiger partial charge in [0.25, 0.3) is 0 Å². The molecule has 2 aromatic rings. The molecule has 2 rings (SSSR count). The number of benzene rings is 2. The van der Waals surface area contributed by atoms with Gasteiger partial charge in [-0.1, -0.05) is 29.8 Å². The molecule has 0 unspecified atom stereocenters. The minimum atomic E-state index is 0.372. The van der Waals surface area contributed by atoms with Gasteiger partial charge in [0.2, 0.25) is 0 Å². The molecule has 2 aromatic carbocycles. The van der Waals surface area contributed by atoms with Crippen molar-refractivity contribution < 1.29 is 9.47 Å². The van der Waals surface area contributed by atoms with Crippen LogP contribution in [0.4, 0.5) is 5.69 Å². The van der Waals surface area contributed by atoms with Gasteiger partial charge in [-0.3, -0.25) is 0 Å². The minimum Gasteiger partial charge on any atom is -0.497 e. The van der Waals surface area contributed by atoms with Crippen molar-refractivity contribution >= 4 is 17.3 Å². The topological polar surface area (TPSA) is 44.5 Å². The molecule has 0 aliphatic heterocycles. The van der Waals surface area contributed by atoms with E-state index >= 15 is 0 Å². The van der Waals surface area contributed by atoms with Crippen molar-refractivity contribution in [3.8, 4) is 11.5 Å².